The first-order valence-electron chi connectivity index (χ1n) is 5.45. The average Bonchev–Trinajstić information content (AvgIpc) is 2.32. The third-order valence-corrected chi connectivity index (χ3v) is 3.38. The van der Waals surface area contributed by atoms with Gasteiger partial charge in [-0.1, -0.05) is 15.9 Å². The molecule has 0 bridgehead atoms. The van der Waals surface area contributed by atoms with Gasteiger partial charge in [0, 0.05) is 19.5 Å². The van der Waals surface area contributed by atoms with Crippen LogP contribution < -0.4 is 0 Å². The van der Waals surface area contributed by atoms with E-state index in [1.165, 1.54) is 0 Å². The highest BCUT2D eigenvalue weighted by Crippen LogP contribution is 2.19. The zero-order valence-corrected chi connectivity index (χ0v) is 11.5. The zero-order chi connectivity index (χ0) is 12.3. The number of alkyl halides is 1. The second kappa shape index (κ2) is 5.27. The van der Waals surface area contributed by atoms with Gasteiger partial charge in [-0.25, -0.2) is 4.79 Å². The first-order valence-corrected chi connectivity index (χ1v) is 6.36. The molecule has 1 saturated heterocycles. The van der Waals surface area contributed by atoms with Gasteiger partial charge in [-0.15, -0.1) is 5.06 Å². The van der Waals surface area contributed by atoms with Gasteiger partial charge in [-0.2, -0.15) is 0 Å². The summed E-state index contributed by atoms with van der Waals surface area (Å²) >= 11 is 3.32. The van der Waals surface area contributed by atoms with Crippen molar-refractivity contribution in [3.63, 3.8) is 0 Å². The minimum absolute atomic E-state index is 0.106. The van der Waals surface area contributed by atoms with E-state index in [9.17, 15) is 9.59 Å². The predicted molar refractivity (Wildman–Crippen MR) is 64.1 cm³/mol. The smallest absolute Gasteiger partial charge is 0.330 e. The Bertz CT molecular complexity index is 285. The van der Waals surface area contributed by atoms with Crippen LogP contribution in [0.25, 0.3) is 0 Å². The number of carbonyl (C=O) groups excluding carboxylic acids is 2. The third kappa shape index (κ3) is 3.87. The predicted octanol–water partition coefficient (Wildman–Crippen LogP) is 1.92. The molecule has 1 aliphatic rings. The number of ketones is 1. The van der Waals surface area contributed by atoms with E-state index in [-0.39, 0.29) is 16.6 Å². The molecule has 0 aromatic rings. The molecule has 4 nitrogen and oxygen atoms in total. The lowest BCUT2D eigenvalue weighted by molar-refractivity contribution is -0.200. The van der Waals surface area contributed by atoms with E-state index in [4.69, 9.17) is 4.84 Å². The van der Waals surface area contributed by atoms with Gasteiger partial charge in [0.15, 0.2) is 0 Å². The summed E-state index contributed by atoms with van der Waals surface area (Å²) in [4.78, 5) is 28.2. The van der Waals surface area contributed by atoms with Crippen LogP contribution in [-0.2, 0) is 14.4 Å². The number of hydrogen-bond donors (Lipinski definition) is 0. The molecular formula is C11H18BrNO3. The SMILES string of the molecule is CC(C)(C)C(=O)ON1CCC(=O)C(Br)CC1. The highest BCUT2D eigenvalue weighted by Gasteiger charge is 2.28. The second-order valence-corrected chi connectivity index (χ2v) is 6.14. The number of halogens is 1. The van der Waals surface area contributed by atoms with Crippen molar-refractivity contribution in [2.75, 3.05) is 13.1 Å². The summed E-state index contributed by atoms with van der Waals surface area (Å²) in [6.45, 7) is 6.52. The molecule has 16 heavy (non-hydrogen) atoms. The van der Waals surface area contributed by atoms with Crippen molar-refractivity contribution >= 4 is 27.7 Å². The van der Waals surface area contributed by atoms with E-state index < -0.39 is 5.41 Å². The van der Waals surface area contributed by atoms with Gasteiger partial charge in [0.2, 0.25) is 0 Å². The van der Waals surface area contributed by atoms with Crippen LogP contribution in [0.4, 0.5) is 0 Å². The van der Waals surface area contributed by atoms with Crippen LogP contribution in [0.1, 0.15) is 33.6 Å². The van der Waals surface area contributed by atoms with Gasteiger partial charge in [0.25, 0.3) is 0 Å². The molecule has 1 atom stereocenters. The quantitative estimate of drug-likeness (QED) is 0.693. The summed E-state index contributed by atoms with van der Waals surface area (Å²) in [7, 11) is 0. The van der Waals surface area contributed by atoms with E-state index in [1.54, 1.807) is 5.06 Å². The Hall–Kier alpha value is -0.420. The molecule has 0 saturated carbocycles. The summed E-state index contributed by atoms with van der Waals surface area (Å²) in [5, 5.41) is 1.59. The van der Waals surface area contributed by atoms with Gasteiger partial charge < -0.3 is 4.84 Å². The molecule has 1 aliphatic heterocycles. The molecule has 0 radical (unpaired) electrons. The topological polar surface area (TPSA) is 46.6 Å². The van der Waals surface area contributed by atoms with E-state index in [2.05, 4.69) is 15.9 Å². The van der Waals surface area contributed by atoms with Crippen molar-refractivity contribution in [1.29, 1.82) is 0 Å². The summed E-state index contributed by atoms with van der Waals surface area (Å²) in [5.41, 5.74) is -0.510. The van der Waals surface area contributed by atoms with Crippen LogP contribution in [0.15, 0.2) is 0 Å². The fourth-order valence-corrected chi connectivity index (χ4v) is 1.70. The van der Waals surface area contributed by atoms with Crippen molar-refractivity contribution in [3.8, 4) is 0 Å². The van der Waals surface area contributed by atoms with Crippen molar-refractivity contribution in [1.82, 2.24) is 5.06 Å². The molecule has 1 heterocycles. The van der Waals surface area contributed by atoms with E-state index in [1.807, 2.05) is 20.8 Å². The Labute approximate surface area is 104 Å². The van der Waals surface area contributed by atoms with Crippen LogP contribution in [0.3, 0.4) is 0 Å². The zero-order valence-electron chi connectivity index (χ0n) is 9.96. The first-order chi connectivity index (χ1) is 7.30. The highest BCUT2D eigenvalue weighted by atomic mass is 79.9. The van der Waals surface area contributed by atoms with Crippen LogP contribution in [0.5, 0.6) is 0 Å². The van der Waals surface area contributed by atoms with Gasteiger partial charge in [-0.3, -0.25) is 4.79 Å². The number of nitrogens with zero attached hydrogens (tertiary/aromatic N) is 1. The Morgan fingerprint density at radius 1 is 1.44 bits per heavy atom. The molecule has 0 aromatic carbocycles. The largest absolute Gasteiger partial charge is 0.367 e. The molecule has 1 fully saturated rings. The van der Waals surface area contributed by atoms with Crippen molar-refractivity contribution in [2.45, 2.75) is 38.4 Å². The number of hydroxylamine groups is 2. The molecule has 92 valence electrons. The molecule has 0 N–H and O–H groups in total. The molecule has 1 unspecified atom stereocenters. The van der Waals surface area contributed by atoms with Crippen molar-refractivity contribution < 1.29 is 14.4 Å². The lowest BCUT2D eigenvalue weighted by Crippen LogP contribution is -2.34. The van der Waals surface area contributed by atoms with E-state index >= 15 is 0 Å². The van der Waals surface area contributed by atoms with Crippen LogP contribution >= 0.6 is 15.9 Å². The fourth-order valence-electron chi connectivity index (χ4n) is 1.27. The summed E-state index contributed by atoms with van der Waals surface area (Å²) < 4.78 is 0. The minimum Gasteiger partial charge on any atom is -0.367 e. The molecule has 0 amide bonds. The highest BCUT2D eigenvalue weighted by molar-refractivity contribution is 9.10. The number of hydrogen-bond acceptors (Lipinski definition) is 4. The maximum atomic E-state index is 11.6. The average molecular weight is 292 g/mol. The number of rotatable bonds is 1. The van der Waals surface area contributed by atoms with Crippen molar-refractivity contribution in [3.05, 3.63) is 0 Å². The molecule has 0 aliphatic carbocycles. The van der Waals surface area contributed by atoms with Crippen LogP contribution in [0, 0.1) is 5.41 Å². The van der Waals surface area contributed by atoms with E-state index in [0.717, 1.165) is 0 Å². The van der Waals surface area contributed by atoms with Crippen LogP contribution in [-0.4, -0.2) is 34.7 Å². The molecule has 0 spiro atoms. The summed E-state index contributed by atoms with van der Waals surface area (Å²) in [5.74, 6) is -0.0812. The Balaban J connectivity index is 2.50. The molecular weight excluding hydrogens is 274 g/mol. The maximum absolute atomic E-state index is 11.6. The monoisotopic (exact) mass is 291 g/mol. The Kier molecular flexibility index (Phi) is 4.50. The number of Topliss-reactive ketones (excluding diaryl/α,β-unsaturated/α-hetero) is 1. The van der Waals surface area contributed by atoms with Crippen molar-refractivity contribution in [2.24, 2.45) is 5.41 Å². The first kappa shape index (κ1) is 13.6. The third-order valence-electron chi connectivity index (χ3n) is 2.41. The van der Waals surface area contributed by atoms with Crippen LogP contribution in [0.2, 0.25) is 0 Å². The molecule has 0 aromatic heterocycles. The normalized spacial score (nSPS) is 24.0. The summed E-state index contributed by atoms with van der Waals surface area (Å²) in [6.07, 6.45) is 1.10. The fraction of sp³-hybridized carbons (Fsp3) is 0.818. The number of carbonyl (C=O) groups is 2. The molecule has 1 rings (SSSR count). The summed E-state index contributed by atoms with van der Waals surface area (Å²) in [6, 6.07) is 0. The minimum atomic E-state index is -0.510. The Morgan fingerprint density at radius 3 is 2.62 bits per heavy atom. The van der Waals surface area contributed by atoms with Gasteiger partial charge in [0.05, 0.1) is 10.2 Å². The lowest BCUT2D eigenvalue weighted by Gasteiger charge is -2.23. The molecule has 5 heteroatoms. The lowest BCUT2D eigenvalue weighted by atomic mass is 9.98. The maximum Gasteiger partial charge on any atom is 0.330 e. The second-order valence-electron chi connectivity index (χ2n) is 5.03. The van der Waals surface area contributed by atoms with Gasteiger partial charge in [-0.05, 0) is 27.2 Å². The Morgan fingerprint density at radius 2 is 2.06 bits per heavy atom. The van der Waals surface area contributed by atoms with E-state index in [0.29, 0.717) is 25.9 Å². The van der Waals surface area contributed by atoms with Gasteiger partial charge in [0.1, 0.15) is 5.78 Å². The standard InChI is InChI=1S/C11H18BrNO3/c1-11(2,3)10(15)16-13-6-4-8(12)9(14)5-7-13/h8H,4-7H2,1-3H3. The van der Waals surface area contributed by atoms with Gasteiger partial charge >= 0.3 is 5.97 Å².